The second kappa shape index (κ2) is 7.44. The summed E-state index contributed by atoms with van der Waals surface area (Å²) in [5.74, 6) is 0. The van der Waals surface area contributed by atoms with Gasteiger partial charge in [0.05, 0.1) is 0 Å². The molecule has 1 heteroatoms. The molecule has 0 N–H and O–H groups in total. The molecule has 0 unspecified atom stereocenters. The highest BCUT2D eigenvalue weighted by atomic mass is 15.0. The van der Waals surface area contributed by atoms with Crippen molar-refractivity contribution in [3.63, 3.8) is 0 Å². The number of aromatic nitrogens is 1. The van der Waals surface area contributed by atoms with E-state index in [4.69, 9.17) is 0 Å². The fraction of sp³-hybridized carbons (Fsp3) is 0.148. The van der Waals surface area contributed by atoms with Crippen LogP contribution in [0.15, 0.2) is 103 Å². The Kier molecular flexibility index (Phi) is 4.50. The minimum atomic E-state index is 0.579. The topological polar surface area (TPSA) is 3.88 Å². The Hall–Kier alpha value is -3.19. The van der Waals surface area contributed by atoms with Crippen molar-refractivity contribution in [2.45, 2.75) is 25.3 Å². The molecular formula is C27H24N+. The molecule has 3 aromatic carbocycles. The third-order valence-electron chi connectivity index (χ3n) is 5.79. The zero-order valence-electron chi connectivity index (χ0n) is 16.0. The molecule has 1 aliphatic rings. The number of hydrogen-bond acceptors (Lipinski definition) is 0. The summed E-state index contributed by atoms with van der Waals surface area (Å²) >= 11 is 0. The number of hydrogen-bond donors (Lipinski definition) is 0. The molecule has 0 bridgehead atoms. The molecule has 1 fully saturated rings. The standard InChI is InChI=1S/C27H24N/c1-4-11-21(12-5-1)24-19-26(22-13-6-2-7-14-22)28(25-17-10-18-25)27(20-24)23-15-8-3-9-16-23/h1-9,11-16,19-20,25H,10,17-18H2/q+1. The van der Waals surface area contributed by atoms with Crippen molar-refractivity contribution in [2.75, 3.05) is 0 Å². The van der Waals surface area contributed by atoms with Gasteiger partial charge in [-0.3, -0.25) is 0 Å². The van der Waals surface area contributed by atoms with E-state index >= 15 is 0 Å². The third kappa shape index (κ3) is 3.14. The van der Waals surface area contributed by atoms with Gasteiger partial charge in [-0.25, -0.2) is 0 Å². The van der Waals surface area contributed by atoms with E-state index in [0.29, 0.717) is 6.04 Å². The minimum Gasteiger partial charge on any atom is -0.189 e. The zero-order valence-corrected chi connectivity index (χ0v) is 16.0. The molecule has 5 rings (SSSR count). The summed E-state index contributed by atoms with van der Waals surface area (Å²) in [4.78, 5) is 0. The molecule has 0 radical (unpaired) electrons. The van der Waals surface area contributed by atoms with Crippen LogP contribution in [0.4, 0.5) is 0 Å². The first-order chi connectivity index (χ1) is 13.9. The molecule has 0 amide bonds. The Morgan fingerprint density at radius 1 is 0.500 bits per heavy atom. The molecule has 0 aliphatic heterocycles. The van der Waals surface area contributed by atoms with E-state index < -0.39 is 0 Å². The average molecular weight is 362 g/mol. The summed E-state index contributed by atoms with van der Waals surface area (Å²) in [5, 5.41) is 0. The highest BCUT2D eigenvalue weighted by molar-refractivity contribution is 5.73. The maximum atomic E-state index is 2.58. The van der Waals surface area contributed by atoms with Crippen molar-refractivity contribution in [2.24, 2.45) is 0 Å². The lowest BCUT2D eigenvalue weighted by molar-refractivity contribution is -0.712. The van der Waals surface area contributed by atoms with Gasteiger partial charge in [0.1, 0.15) is 0 Å². The van der Waals surface area contributed by atoms with E-state index in [-0.39, 0.29) is 0 Å². The first-order valence-corrected chi connectivity index (χ1v) is 10.2. The van der Waals surface area contributed by atoms with E-state index in [9.17, 15) is 0 Å². The molecule has 1 saturated carbocycles. The highest BCUT2D eigenvalue weighted by Gasteiger charge is 2.33. The maximum Gasteiger partial charge on any atom is 0.213 e. The van der Waals surface area contributed by atoms with E-state index in [2.05, 4.69) is 108 Å². The van der Waals surface area contributed by atoms with Crippen molar-refractivity contribution in [3.05, 3.63) is 103 Å². The quantitative estimate of drug-likeness (QED) is 0.356. The predicted octanol–water partition coefficient (Wildman–Crippen LogP) is 6.70. The van der Waals surface area contributed by atoms with Crippen LogP contribution in [0.25, 0.3) is 33.6 Å². The molecule has 0 atom stereocenters. The molecule has 136 valence electrons. The van der Waals surface area contributed by atoms with Crippen LogP contribution in [-0.2, 0) is 0 Å². The van der Waals surface area contributed by atoms with Crippen molar-refractivity contribution >= 4 is 0 Å². The van der Waals surface area contributed by atoms with Gasteiger partial charge < -0.3 is 0 Å². The lowest BCUT2D eigenvalue weighted by Gasteiger charge is -2.25. The average Bonchev–Trinajstić information content (AvgIpc) is 2.74. The fourth-order valence-corrected chi connectivity index (χ4v) is 4.10. The highest BCUT2D eigenvalue weighted by Crippen LogP contribution is 2.35. The number of benzene rings is 3. The van der Waals surface area contributed by atoms with E-state index in [1.54, 1.807) is 0 Å². The van der Waals surface area contributed by atoms with Crippen molar-refractivity contribution in [1.82, 2.24) is 0 Å². The summed E-state index contributed by atoms with van der Waals surface area (Å²) in [6, 6.07) is 37.7. The van der Waals surface area contributed by atoms with Gasteiger partial charge in [0, 0.05) is 36.1 Å². The second-order valence-electron chi connectivity index (χ2n) is 7.57. The SMILES string of the molecule is c1ccc(-c2cc(-c3ccccc3)[n+](C3CCC3)c(-c3ccccc3)c2)cc1. The van der Waals surface area contributed by atoms with Gasteiger partial charge in [-0.1, -0.05) is 66.7 Å². The minimum absolute atomic E-state index is 0.579. The van der Waals surface area contributed by atoms with Gasteiger partial charge in [0.2, 0.25) is 11.4 Å². The van der Waals surface area contributed by atoms with Crippen LogP contribution < -0.4 is 4.57 Å². The Morgan fingerprint density at radius 3 is 1.32 bits per heavy atom. The van der Waals surface area contributed by atoms with Gasteiger partial charge in [-0.2, -0.15) is 4.57 Å². The van der Waals surface area contributed by atoms with Gasteiger partial charge in [0.15, 0.2) is 6.04 Å². The zero-order chi connectivity index (χ0) is 18.8. The summed E-state index contributed by atoms with van der Waals surface area (Å²) in [5.41, 5.74) is 7.72. The van der Waals surface area contributed by atoms with Crippen molar-refractivity contribution in [3.8, 4) is 33.6 Å². The normalized spacial score (nSPS) is 13.9. The van der Waals surface area contributed by atoms with Gasteiger partial charge in [-0.05, 0) is 41.8 Å². The van der Waals surface area contributed by atoms with Crippen LogP contribution in [0, 0.1) is 0 Å². The lowest BCUT2D eigenvalue weighted by Crippen LogP contribution is -2.47. The molecular weight excluding hydrogens is 338 g/mol. The van der Waals surface area contributed by atoms with Crippen molar-refractivity contribution in [1.29, 1.82) is 0 Å². The molecule has 4 aromatic rings. The number of rotatable bonds is 4. The van der Waals surface area contributed by atoms with E-state index in [1.807, 2.05) is 0 Å². The monoisotopic (exact) mass is 362 g/mol. The Morgan fingerprint density at radius 2 is 0.929 bits per heavy atom. The van der Waals surface area contributed by atoms with Crippen LogP contribution in [0.2, 0.25) is 0 Å². The van der Waals surface area contributed by atoms with E-state index in [1.165, 1.54) is 52.9 Å². The first kappa shape index (κ1) is 16.9. The summed E-state index contributed by atoms with van der Waals surface area (Å²) in [6.45, 7) is 0. The fourth-order valence-electron chi connectivity index (χ4n) is 4.10. The smallest absolute Gasteiger partial charge is 0.189 e. The first-order valence-electron chi connectivity index (χ1n) is 10.2. The van der Waals surface area contributed by atoms with Crippen LogP contribution in [0.5, 0.6) is 0 Å². The third-order valence-corrected chi connectivity index (χ3v) is 5.79. The molecule has 1 nitrogen and oxygen atoms in total. The Balaban J connectivity index is 1.81. The van der Waals surface area contributed by atoms with Crippen molar-refractivity contribution < 1.29 is 4.57 Å². The van der Waals surface area contributed by atoms with Crippen LogP contribution in [0.3, 0.4) is 0 Å². The van der Waals surface area contributed by atoms with E-state index in [0.717, 1.165) is 0 Å². The largest absolute Gasteiger partial charge is 0.213 e. The second-order valence-corrected chi connectivity index (χ2v) is 7.57. The Bertz CT molecular complexity index is 1000. The van der Waals surface area contributed by atoms with Crippen LogP contribution >= 0.6 is 0 Å². The molecule has 28 heavy (non-hydrogen) atoms. The maximum absolute atomic E-state index is 2.58. The lowest BCUT2D eigenvalue weighted by atomic mass is 9.89. The summed E-state index contributed by atoms with van der Waals surface area (Å²) < 4.78 is 2.58. The Labute approximate surface area is 166 Å². The number of nitrogens with zero attached hydrogens (tertiary/aromatic N) is 1. The van der Waals surface area contributed by atoms with Gasteiger partial charge in [0.25, 0.3) is 0 Å². The summed E-state index contributed by atoms with van der Waals surface area (Å²) in [6.07, 6.45) is 3.84. The molecule has 1 aromatic heterocycles. The number of pyridine rings is 1. The van der Waals surface area contributed by atoms with Crippen LogP contribution in [-0.4, -0.2) is 0 Å². The predicted molar refractivity (Wildman–Crippen MR) is 116 cm³/mol. The van der Waals surface area contributed by atoms with Gasteiger partial charge >= 0.3 is 0 Å². The summed E-state index contributed by atoms with van der Waals surface area (Å²) in [7, 11) is 0. The van der Waals surface area contributed by atoms with Crippen LogP contribution in [0.1, 0.15) is 25.3 Å². The molecule has 1 heterocycles. The molecule has 0 spiro atoms. The molecule has 0 saturated heterocycles. The molecule has 1 aliphatic carbocycles. The van der Waals surface area contributed by atoms with Gasteiger partial charge in [-0.15, -0.1) is 0 Å².